The van der Waals surface area contributed by atoms with E-state index >= 15 is 0 Å². The van der Waals surface area contributed by atoms with Gasteiger partial charge < -0.3 is 10.1 Å². The van der Waals surface area contributed by atoms with Crippen LogP contribution in [0.5, 0.6) is 5.75 Å². The summed E-state index contributed by atoms with van der Waals surface area (Å²) in [6.07, 6.45) is 0. The highest BCUT2D eigenvalue weighted by molar-refractivity contribution is 6.35. The highest BCUT2D eigenvalue weighted by Crippen LogP contribution is 2.43. The van der Waals surface area contributed by atoms with Crippen molar-refractivity contribution in [2.24, 2.45) is 0 Å². The third kappa shape index (κ3) is 2.78. The largest absolute Gasteiger partial charge is 0.496 e. The number of ether oxygens (including phenoxy) is 1. The number of nitrogens with zero attached hydrogens (tertiary/aromatic N) is 1. The monoisotopic (exact) mass is 336 g/mol. The molecule has 25 heavy (non-hydrogen) atoms. The van der Waals surface area contributed by atoms with Crippen molar-refractivity contribution in [3.05, 3.63) is 59.3 Å². The van der Waals surface area contributed by atoms with Crippen molar-refractivity contribution in [2.75, 3.05) is 19.1 Å². The quantitative estimate of drug-likeness (QED) is 0.839. The Labute approximate surface area is 149 Å². The fourth-order valence-electron chi connectivity index (χ4n) is 3.27. The van der Waals surface area contributed by atoms with E-state index in [1.807, 2.05) is 50.4 Å². The van der Waals surface area contributed by atoms with E-state index in [1.165, 1.54) is 0 Å². The molecule has 0 atom stereocenters. The van der Waals surface area contributed by atoms with Gasteiger partial charge in [0, 0.05) is 24.0 Å². The summed E-state index contributed by atoms with van der Waals surface area (Å²) >= 11 is 0. The first-order valence-corrected chi connectivity index (χ1v) is 8.50. The Morgan fingerprint density at radius 1 is 1.16 bits per heavy atom. The van der Waals surface area contributed by atoms with Crippen LogP contribution in [-0.4, -0.2) is 20.1 Å². The van der Waals surface area contributed by atoms with Crippen LogP contribution in [0.3, 0.4) is 0 Å². The number of rotatable bonds is 4. The Morgan fingerprint density at radius 3 is 2.52 bits per heavy atom. The molecule has 3 rings (SSSR count). The summed E-state index contributed by atoms with van der Waals surface area (Å²) in [4.78, 5) is 15.0. The van der Waals surface area contributed by atoms with Crippen LogP contribution in [0.25, 0.3) is 5.57 Å². The fourth-order valence-corrected chi connectivity index (χ4v) is 3.27. The van der Waals surface area contributed by atoms with Gasteiger partial charge in [-0.3, -0.25) is 9.69 Å². The molecule has 1 aliphatic rings. The molecule has 0 saturated heterocycles. The van der Waals surface area contributed by atoms with Gasteiger partial charge in [-0.25, -0.2) is 0 Å². The summed E-state index contributed by atoms with van der Waals surface area (Å²) in [7, 11) is 3.51. The SMILES string of the molecule is CNC(C)=C1C(=O)N(c2ccc(OC)c(C(C)C)c2)c2ccccc21. The number of carbonyl (C=O) groups excluding carboxylic acids is 1. The molecule has 4 heteroatoms. The summed E-state index contributed by atoms with van der Waals surface area (Å²) < 4.78 is 5.47. The molecule has 1 amide bonds. The number of anilines is 2. The molecule has 2 aromatic carbocycles. The molecule has 1 N–H and O–H groups in total. The van der Waals surface area contributed by atoms with Gasteiger partial charge in [0.1, 0.15) is 5.75 Å². The predicted molar refractivity (Wildman–Crippen MR) is 102 cm³/mol. The number of fused-ring (bicyclic) bond motifs is 1. The van der Waals surface area contributed by atoms with Crippen LogP contribution in [-0.2, 0) is 4.79 Å². The first kappa shape index (κ1) is 17.1. The van der Waals surface area contributed by atoms with E-state index in [0.29, 0.717) is 5.92 Å². The lowest BCUT2D eigenvalue weighted by Gasteiger charge is -2.20. The first-order valence-electron chi connectivity index (χ1n) is 8.50. The summed E-state index contributed by atoms with van der Waals surface area (Å²) in [5, 5.41) is 3.11. The van der Waals surface area contributed by atoms with Crippen LogP contribution in [0.1, 0.15) is 37.8 Å². The average molecular weight is 336 g/mol. The molecule has 1 aliphatic heterocycles. The molecule has 1 heterocycles. The Balaban J connectivity index is 2.19. The van der Waals surface area contributed by atoms with Gasteiger partial charge in [0.2, 0.25) is 0 Å². The Morgan fingerprint density at radius 2 is 1.88 bits per heavy atom. The second kappa shape index (κ2) is 6.63. The zero-order chi connectivity index (χ0) is 18.1. The average Bonchev–Trinajstić information content (AvgIpc) is 2.92. The van der Waals surface area contributed by atoms with Gasteiger partial charge in [-0.2, -0.15) is 0 Å². The minimum atomic E-state index is -0.00655. The van der Waals surface area contributed by atoms with Crippen molar-refractivity contribution in [1.82, 2.24) is 5.32 Å². The molecule has 130 valence electrons. The molecule has 0 unspecified atom stereocenters. The van der Waals surface area contributed by atoms with Crippen LogP contribution < -0.4 is 15.0 Å². The van der Waals surface area contributed by atoms with Crippen molar-refractivity contribution < 1.29 is 9.53 Å². The second-order valence-corrected chi connectivity index (χ2v) is 6.49. The number of para-hydroxylation sites is 1. The summed E-state index contributed by atoms with van der Waals surface area (Å²) in [5.74, 6) is 1.14. The maximum absolute atomic E-state index is 13.2. The molecule has 0 spiro atoms. The number of methoxy groups -OCH3 is 1. The lowest BCUT2D eigenvalue weighted by molar-refractivity contribution is -0.112. The molecule has 0 saturated carbocycles. The Kier molecular flexibility index (Phi) is 4.53. The van der Waals surface area contributed by atoms with Gasteiger partial charge in [0.05, 0.1) is 18.4 Å². The zero-order valence-electron chi connectivity index (χ0n) is 15.4. The van der Waals surface area contributed by atoms with Gasteiger partial charge in [-0.05, 0) is 42.7 Å². The number of benzene rings is 2. The van der Waals surface area contributed by atoms with Gasteiger partial charge in [-0.1, -0.05) is 32.0 Å². The van der Waals surface area contributed by atoms with Crippen LogP contribution >= 0.6 is 0 Å². The van der Waals surface area contributed by atoms with Gasteiger partial charge in [0.25, 0.3) is 5.91 Å². The highest BCUT2D eigenvalue weighted by Gasteiger charge is 2.34. The van der Waals surface area contributed by atoms with Gasteiger partial charge in [0.15, 0.2) is 0 Å². The number of hydrogen-bond donors (Lipinski definition) is 1. The standard InChI is InChI=1S/C21H24N2O2/c1-13(2)17-12-15(10-11-19(17)25-5)23-18-9-7-6-8-16(18)20(21(23)24)14(3)22-4/h6-13,22H,1-5H3. The van der Waals surface area contributed by atoms with Crippen molar-refractivity contribution >= 4 is 22.9 Å². The summed E-state index contributed by atoms with van der Waals surface area (Å²) in [6, 6.07) is 13.8. The maximum Gasteiger partial charge on any atom is 0.265 e. The molecular formula is C21H24N2O2. The van der Waals surface area contributed by atoms with Crippen LogP contribution in [0, 0.1) is 0 Å². The van der Waals surface area contributed by atoms with E-state index in [2.05, 4.69) is 25.2 Å². The fraction of sp³-hybridized carbons (Fsp3) is 0.286. The molecule has 0 fully saturated rings. The minimum absolute atomic E-state index is 0.00655. The maximum atomic E-state index is 13.2. The van der Waals surface area contributed by atoms with E-state index in [0.717, 1.165) is 39.5 Å². The third-order valence-corrected chi connectivity index (χ3v) is 4.67. The first-order chi connectivity index (χ1) is 12.0. The van der Waals surface area contributed by atoms with E-state index in [4.69, 9.17) is 4.74 Å². The highest BCUT2D eigenvalue weighted by atomic mass is 16.5. The lowest BCUT2D eigenvalue weighted by atomic mass is 10.0. The summed E-state index contributed by atoms with van der Waals surface area (Å²) in [6.45, 7) is 6.18. The van der Waals surface area contributed by atoms with Crippen LogP contribution in [0.4, 0.5) is 11.4 Å². The van der Waals surface area contributed by atoms with Crippen LogP contribution in [0.15, 0.2) is 48.2 Å². The third-order valence-electron chi connectivity index (χ3n) is 4.67. The number of carbonyl (C=O) groups is 1. The zero-order valence-corrected chi connectivity index (χ0v) is 15.4. The lowest BCUT2D eigenvalue weighted by Crippen LogP contribution is -2.22. The second-order valence-electron chi connectivity index (χ2n) is 6.49. The summed E-state index contributed by atoms with van der Waals surface area (Å²) in [5.41, 5.74) is 5.42. The topological polar surface area (TPSA) is 41.6 Å². The molecule has 4 nitrogen and oxygen atoms in total. The van der Waals surface area contributed by atoms with E-state index in [-0.39, 0.29) is 5.91 Å². The molecule has 0 radical (unpaired) electrons. The van der Waals surface area contributed by atoms with Crippen LogP contribution in [0.2, 0.25) is 0 Å². The smallest absolute Gasteiger partial charge is 0.265 e. The van der Waals surface area contributed by atoms with Gasteiger partial charge in [-0.15, -0.1) is 0 Å². The number of allylic oxidation sites excluding steroid dienone is 1. The Bertz CT molecular complexity index is 853. The molecule has 0 aliphatic carbocycles. The predicted octanol–water partition coefficient (Wildman–Crippen LogP) is 4.45. The molecular weight excluding hydrogens is 312 g/mol. The van der Waals surface area contributed by atoms with Crippen molar-refractivity contribution in [2.45, 2.75) is 26.7 Å². The molecule has 0 bridgehead atoms. The van der Waals surface area contributed by atoms with E-state index in [1.54, 1.807) is 12.0 Å². The van der Waals surface area contributed by atoms with Crippen molar-refractivity contribution in [3.63, 3.8) is 0 Å². The number of nitrogens with one attached hydrogen (secondary N) is 1. The molecule has 2 aromatic rings. The van der Waals surface area contributed by atoms with E-state index < -0.39 is 0 Å². The normalized spacial score (nSPS) is 15.4. The number of hydrogen-bond acceptors (Lipinski definition) is 3. The van der Waals surface area contributed by atoms with Crippen molar-refractivity contribution in [3.8, 4) is 5.75 Å². The Hall–Kier alpha value is -2.75. The molecule has 0 aromatic heterocycles. The van der Waals surface area contributed by atoms with Gasteiger partial charge >= 0.3 is 0 Å². The van der Waals surface area contributed by atoms with E-state index in [9.17, 15) is 4.79 Å². The van der Waals surface area contributed by atoms with Crippen molar-refractivity contribution in [1.29, 1.82) is 0 Å². The minimum Gasteiger partial charge on any atom is -0.496 e. The number of amides is 1.